The van der Waals surface area contributed by atoms with Crippen LogP contribution in [0.5, 0.6) is 11.5 Å². The van der Waals surface area contributed by atoms with Gasteiger partial charge in [-0.2, -0.15) is 0 Å². The number of hydrogen-bond donors (Lipinski definition) is 1. The molecule has 25 heavy (non-hydrogen) atoms. The van der Waals surface area contributed by atoms with E-state index in [-0.39, 0.29) is 6.04 Å². The molecule has 3 aromatic rings. The van der Waals surface area contributed by atoms with E-state index in [1.165, 1.54) is 33.3 Å². The fourth-order valence-corrected chi connectivity index (χ4v) is 4.56. The quantitative estimate of drug-likeness (QED) is 0.777. The molecule has 4 nitrogen and oxygen atoms in total. The Morgan fingerprint density at radius 3 is 2.60 bits per heavy atom. The molecule has 0 saturated heterocycles. The Balaban J connectivity index is 1.73. The summed E-state index contributed by atoms with van der Waals surface area (Å²) in [4.78, 5) is 6.30. The number of fused-ring (bicyclic) bond motifs is 7. The maximum absolute atomic E-state index is 5.58. The Hall–Kier alpha value is -2.46. The highest BCUT2D eigenvalue weighted by atomic mass is 16.5. The van der Waals surface area contributed by atoms with E-state index in [2.05, 4.69) is 46.3 Å². The number of methoxy groups -OCH3 is 2. The molecule has 2 aliphatic rings. The van der Waals surface area contributed by atoms with Crippen molar-refractivity contribution in [2.24, 2.45) is 0 Å². The van der Waals surface area contributed by atoms with Gasteiger partial charge in [0.15, 0.2) is 11.5 Å². The number of aromatic amines is 1. The normalized spacial score (nSPS) is 19.2. The summed E-state index contributed by atoms with van der Waals surface area (Å²) in [7, 11) is 3.41. The molecule has 0 aliphatic carbocycles. The van der Waals surface area contributed by atoms with Crippen LogP contribution in [0, 0.1) is 0 Å². The summed E-state index contributed by atoms with van der Waals surface area (Å²) in [5.74, 6) is 1.63. The number of ether oxygens (including phenoxy) is 2. The van der Waals surface area contributed by atoms with Gasteiger partial charge in [0, 0.05) is 29.7 Å². The molecule has 128 valence electrons. The lowest BCUT2D eigenvalue weighted by Crippen LogP contribution is -2.40. The van der Waals surface area contributed by atoms with Gasteiger partial charge in [-0.25, -0.2) is 0 Å². The Bertz CT molecular complexity index is 960. The van der Waals surface area contributed by atoms with Gasteiger partial charge in [-0.1, -0.05) is 18.2 Å². The molecule has 0 radical (unpaired) electrons. The molecule has 1 N–H and O–H groups in total. The third kappa shape index (κ3) is 2.10. The highest BCUT2D eigenvalue weighted by Crippen LogP contribution is 2.44. The molecule has 5 rings (SSSR count). The minimum absolute atomic E-state index is 0.278. The van der Waals surface area contributed by atoms with Crippen molar-refractivity contribution in [3.63, 3.8) is 0 Å². The summed E-state index contributed by atoms with van der Waals surface area (Å²) in [5.41, 5.74) is 6.77. The van der Waals surface area contributed by atoms with Crippen molar-refractivity contribution in [1.82, 2.24) is 9.88 Å². The van der Waals surface area contributed by atoms with E-state index in [4.69, 9.17) is 9.47 Å². The first-order valence-electron chi connectivity index (χ1n) is 8.88. The summed E-state index contributed by atoms with van der Waals surface area (Å²) in [6.45, 7) is 2.19. The molecule has 2 aliphatic heterocycles. The van der Waals surface area contributed by atoms with Gasteiger partial charge in [0.05, 0.1) is 20.3 Å². The number of para-hydroxylation sites is 1. The van der Waals surface area contributed by atoms with Crippen molar-refractivity contribution in [2.45, 2.75) is 18.9 Å². The van der Waals surface area contributed by atoms with Crippen LogP contribution in [0.2, 0.25) is 0 Å². The lowest BCUT2D eigenvalue weighted by Gasteiger charge is -2.40. The number of benzene rings is 2. The first kappa shape index (κ1) is 14.8. The lowest BCUT2D eigenvalue weighted by molar-refractivity contribution is 0.198. The van der Waals surface area contributed by atoms with E-state index in [0.29, 0.717) is 0 Å². The van der Waals surface area contributed by atoms with Crippen LogP contribution in [0.4, 0.5) is 0 Å². The number of nitrogens with one attached hydrogen (secondary N) is 1. The zero-order valence-electron chi connectivity index (χ0n) is 14.6. The van der Waals surface area contributed by atoms with Crippen molar-refractivity contribution in [3.05, 3.63) is 58.8 Å². The standard InChI is InChI=1S/C21H22N2O2/c1-24-18-11-13-7-9-23-10-8-15-14-5-3-4-6-17(14)22-20(15)21(23)16(13)12-19(18)25-2/h3-6,11-12,21-22H,7-10H2,1-2H3/t21-/m0/s1. The molecule has 0 bridgehead atoms. The smallest absolute Gasteiger partial charge is 0.161 e. The summed E-state index contributed by atoms with van der Waals surface area (Å²) in [6, 6.07) is 13.2. The van der Waals surface area contributed by atoms with E-state index < -0.39 is 0 Å². The van der Waals surface area contributed by atoms with Crippen LogP contribution >= 0.6 is 0 Å². The zero-order valence-corrected chi connectivity index (χ0v) is 14.6. The first-order chi connectivity index (χ1) is 12.3. The van der Waals surface area contributed by atoms with Crippen LogP contribution in [-0.2, 0) is 12.8 Å². The van der Waals surface area contributed by atoms with Crippen molar-refractivity contribution in [1.29, 1.82) is 0 Å². The number of H-pyrrole nitrogens is 1. The molecule has 0 amide bonds. The Morgan fingerprint density at radius 2 is 1.76 bits per heavy atom. The Labute approximate surface area is 147 Å². The predicted molar refractivity (Wildman–Crippen MR) is 98.7 cm³/mol. The lowest BCUT2D eigenvalue weighted by atomic mass is 9.85. The predicted octanol–water partition coefficient (Wildman–Crippen LogP) is 3.69. The van der Waals surface area contributed by atoms with Crippen LogP contribution in [0.25, 0.3) is 10.9 Å². The zero-order chi connectivity index (χ0) is 17.0. The third-order valence-corrected chi connectivity index (χ3v) is 5.74. The van der Waals surface area contributed by atoms with Crippen LogP contribution in [-0.4, -0.2) is 37.2 Å². The van der Waals surface area contributed by atoms with Gasteiger partial charge < -0.3 is 14.5 Å². The van der Waals surface area contributed by atoms with Gasteiger partial charge >= 0.3 is 0 Å². The Morgan fingerprint density at radius 1 is 1.00 bits per heavy atom. The molecule has 0 fully saturated rings. The fraction of sp³-hybridized carbons (Fsp3) is 0.333. The molecular weight excluding hydrogens is 312 g/mol. The first-order valence-corrected chi connectivity index (χ1v) is 8.88. The SMILES string of the molecule is COc1cc2c(cc1OC)[C@H]1c3[nH]c4ccccc4c3CCN1CC2. The average Bonchev–Trinajstić information content (AvgIpc) is 3.05. The largest absolute Gasteiger partial charge is 0.493 e. The monoisotopic (exact) mass is 334 g/mol. The fourth-order valence-electron chi connectivity index (χ4n) is 4.56. The van der Waals surface area contributed by atoms with Crippen LogP contribution < -0.4 is 9.47 Å². The maximum atomic E-state index is 5.58. The van der Waals surface area contributed by atoms with Gasteiger partial charge in [0.25, 0.3) is 0 Å². The molecule has 3 heterocycles. The van der Waals surface area contributed by atoms with Gasteiger partial charge in [-0.3, -0.25) is 4.90 Å². The highest BCUT2D eigenvalue weighted by molar-refractivity contribution is 5.85. The van der Waals surface area contributed by atoms with E-state index in [1.54, 1.807) is 14.2 Å². The molecule has 1 aromatic heterocycles. The average molecular weight is 334 g/mol. The van der Waals surface area contributed by atoms with E-state index in [0.717, 1.165) is 37.4 Å². The van der Waals surface area contributed by atoms with Gasteiger partial charge in [0.2, 0.25) is 0 Å². The van der Waals surface area contributed by atoms with Gasteiger partial charge in [-0.15, -0.1) is 0 Å². The van der Waals surface area contributed by atoms with E-state index >= 15 is 0 Å². The summed E-state index contributed by atoms with van der Waals surface area (Å²) in [6.07, 6.45) is 2.17. The summed E-state index contributed by atoms with van der Waals surface area (Å²) in [5, 5.41) is 1.37. The number of aromatic nitrogens is 1. The second-order valence-corrected chi connectivity index (χ2v) is 6.91. The van der Waals surface area contributed by atoms with Gasteiger partial charge in [0.1, 0.15) is 0 Å². The highest BCUT2D eigenvalue weighted by Gasteiger charge is 2.36. The maximum Gasteiger partial charge on any atom is 0.161 e. The summed E-state index contributed by atoms with van der Waals surface area (Å²) >= 11 is 0. The second-order valence-electron chi connectivity index (χ2n) is 6.91. The van der Waals surface area contributed by atoms with Crippen molar-refractivity contribution >= 4 is 10.9 Å². The van der Waals surface area contributed by atoms with E-state index in [9.17, 15) is 0 Å². The topological polar surface area (TPSA) is 37.5 Å². The minimum atomic E-state index is 0.278. The molecule has 1 atom stereocenters. The number of rotatable bonds is 2. The van der Waals surface area contributed by atoms with Crippen molar-refractivity contribution in [2.75, 3.05) is 27.3 Å². The minimum Gasteiger partial charge on any atom is -0.493 e. The number of hydrogen-bond acceptors (Lipinski definition) is 3. The van der Waals surface area contributed by atoms with Crippen LogP contribution in [0.15, 0.2) is 36.4 Å². The van der Waals surface area contributed by atoms with Crippen molar-refractivity contribution < 1.29 is 9.47 Å². The molecule has 0 unspecified atom stereocenters. The summed E-state index contributed by atoms with van der Waals surface area (Å²) < 4.78 is 11.1. The van der Waals surface area contributed by atoms with E-state index in [1.807, 2.05) is 0 Å². The third-order valence-electron chi connectivity index (χ3n) is 5.74. The van der Waals surface area contributed by atoms with Crippen molar-refractivity contribution in [3.8, 4) is 11.5 Å². The van der Waals surface area contributed by atoms with Crippen LogP contribution in [0.1, 0.15) is 28.4 Å². The molecule has 0 saturated carbocycles. The number of nitrogens with zero attached hydrogens (tertiary/aromatic N) is 1. The Kier molecular flexibility index (Phi) is 3.28. The molecule has 4 heteroatoms. The molecular formula is C21H22N2O2. The molecule has 2 aromatic carbocycles. The molecule has 0 spiro atoms. The van der Waals surface area contributed by atoms with Crippen LogP contribution in [0.3, 0.4) is 0 Å². The van der Waals surface area contributed by atoms with Gasteiger partial charge in [-0.05, 0) is 47.7 Å². The second kappa shape index (κ2) is 5.53.